The number of rotatable bonds is 6. The molecule has 0 aliphatic carbocycles. The Morgan fingerprint density at radius 1 is 0.963 bits per heavy atom. The molecule has 27 heavy (non-hydrogen) atoms. The third-order valence-corrected chi connectivity index (χ3v) is 5.12. The second-order valence-corrected chi connectivity index (χ2v) is 6.80. The van der Waals surface area contributed by atoms with Crippen LogP contribution in [0.2, 0.25) is 0 Å². The molecule has 0 bridgehead atoms. The summed E-state index contributed by atoms with van der Waals surface area (Å²) in [6.45, 7) is 2.84. The van der Waals surface area contributed by atoms with Gasteiger partial charge < -0.3 is 19.8 Å². The van der Waals surface area contributed by atoms with E-state index in [4.69, 9.17) is 9.47 Å². The number of hydrogen-bond acceptors (Lipinski definition) is 3. The fourth-order valence-electron chi connectivity index (χ4n) is 3.82. The quantitative estimate of drug-likeness (QED) is 0.621. The summed E-state index contributed by atoms with van der Waals surface area (Å²) in [5.41, 5.74) is 5.63. The zero-order valence-corrected chi connectivity index (χ0v) is 16.5. The van der Waals surface area contributed by atoms with Crippen molar-refractivity contribution in [3.8, 4) is 11.5 Å². The van der Waals surface area contributed by atoms with E-state index in [1.54, 1.807) is 7.11 Å². The molecule has 0 fully saturated rings. The first-order chi connectivity index (χ1) is 12.8. The maximum absolute atomic E-state index is 5.88. The van der Waals surface area contributed by atoms with Gasteiger partial charge in [0.1, 0.15) is 11.5 Å². The van der Waals surface area contributed by atoms with Crippen molar-refractivity contribution in [3.05, 3.63) is 59.3 Å². The first-order valence-electron chi connectivity index (χ1n) is 9.44. The van der Waals surface area contributed by atoms with Crippen LogP contribution in [0.25, 0.3) is 10.9 Å². The lowest BCUT2D eigenvalue weighted by atomic mass is 9.99. The Hall–Kier alpha value is -2.17. The van der Waals surface area contributed by atoms with Crippen molar-refractivity contribution in [2.45, 2.75) is 25.7 Å². The van der Waals surface area contributed by atoms with Gasteiger partial charge in [-0.05, 0) is 67.3 Å². The second-order valence-electron chi connectivity index (χ2n) is 6.80. The van der Waals surface area contributed by atoms with E-state index < -0.39 is 0 Å². The fourth-order valence-corrected chi connectivity index (χ4v) is 3.82. The number of aryl methyl sites for hydroxylation is 1. The average Bonchev–Trinajstić information content (AvgIpc) is 2.88. The number of fused-ring (bicyclic) bond motifs is 3. The topological polar surface area (TPSA) is 46.3 Å². The minimum atomic E-state index is 0. The van der Waals surface area contributed by atoms with Crippen LogP contribution in [-0.4, -0.2) is 31.8 Å². The molecule has 144 valence electrons. The molecule has 2 heterocycles. The van der Waals surface area contributed by atoms with Crippen LogP contribution in [0, 0.1) is 0 Å². The maximum atomic E-state index is 5.88. The standard InChI is InChI=1S/C22H26N2O2.ClH/c1-25-17-7-9-18(10-8-17)26-15-3-5-16-4-2-6-21-22(16)19-11-13-23-14-12-20(19)24-21;/h2,4,6-10,23-24H,3,5,11-15H2,1H3;1H. The van der Waals surface area contributed by atoms with Gasteiger partial charge in [-0.25, -0.2) is 0 Å². The van der Waals surface area contributed by atoms with Crippen LogP contribution >= 0.6 is 12.4 Å². The molecule has 0 spiro atoms. The van der Waals surface area contributed by atoms with Gasteiger partial charge in [-0.2, -0.15) is 0 Å². The molecule has 4 nitrogen and oxygen atoms in total. The van der Waals surface area contributed by atoms with Gasteiger partial charge in [0.15, 0.2) is 0 Å². The zero-order valence-electron chi connectivity index (χ0n) is 15.7. The number of hydrogen-bond donors (Lipinski definition) is 2. The number of nitrogens with one attached hydrogen (secondary N) is 2. The Morgan fingerprint density at radius 2 is 1.74 bits per heavy atom. The van der Waals surface area contributed by atoms with Crippen molar-refractivity contribution in [3.63, 3.8) is 0 Å². The number of aromatic nitrogens is 1. The van der Waals surface area contributed by atoms with Crippen molar-refractivity contribution >= 4 is 23.3 Å². The third kappa shape index (κ3) is 4.40. The summed E-state index contributed by atoms with van der Waals surface area (Å²) in [5.74, 6) is 1.75. The Morgan fingerprint density at radius 3 is 2.56 bits per heavy atom. The zero-order chi connectivity index (χ0) is 17.8. The number of methoxy groups -OCH3 is 1. The van der Waals surface area contributed by atoms with E-state index in [-0.39, 0.29) is 12.4 Å². The van der Waals surface area contributed by atoms with Gasteiger partial charge in [-0.1, -0.05) is 12.1 Å². The highest BCUT2D eigenvalue weighted by Crippen LogP contribution is 2.28. The molecule has 0 radical (unpaired) electrons. The molecular formula is C22H27ClN2O2. The van der Waals surface area contributed by atoms with Gasteiger partial charge in [-0.3, -0.25) is 0 Å². The summed E-state index contributed by atoms with van der Waals surface area (Å²) in [7, 11) is 1.67. The Bertz CT molecular complexity index is 874. The average molecular weight is 387 g/mol. The van der Waals surface area contributed by atoms with Crippen LogP contribution < -0.4 is 14.8 Å². The molecule has 0 unspecified atom stereocenters. The minimum Gasteiger partial charge on any atom is -0.497 e. The molecule has 1 aliphatic rings. The normalized spacial score (nSPS) is 13.5. The van der Waals surface area contributed by atoms with E-state index in [0.717, 1.165) is 56.9 Å². The Labute approximate surface area is 166 Å². The molecule has 0 amide bonds. The van der Waals surface area contributed by atoms with Crippen molar-refractivity contribution in [2.24, 2.45) is 0 Å². The van der Waals surface area contributed by atoms with Gasteiger partial charge in [0.05, 0.1) is 13.7 Å². The van der Waals surface area contributed by atoms with E-state index >= 15 is 0 Å². The van der Waals surface area contributed by atoms with Crippen molar-refractivity contribution < 1.29 is 9.47 Å². The van der Waals surface area contributed by atoms with Crippen LogP contribution in [0.1, 0.15) is 23.2 Å². The summed E-state index contributed by atoms with van der Waals surface area (Å²) in [6, 6.07) is 14.4. The highest BCUT2D eigenvalue weighted by atomic mass is 35.5. The molecule has 0 atom stereocenters. The Balaban J connectivity index is 0.00000210. The highest BCUT2D eigenvalue weighted by Gasteiger charge is 2.16. The molecule has 0 saturated heterocycles. The molecule has 3 aromatic rings. The lowest BCUT2D eigenvalue weighted by molar-refractivity contribution is 0.310. The van der Waals surface area contributed by atoms with E-state index in [9.17, 15) is 0 Å². The number of benzene rings is 2. The number of H-pyrrole nitrogens is 1. The summed E-state index contributed by atoms with van der Waals surface area (Å²) < 4.78 is 11.1. The number of halogens is 1. The highest BCUT2D eigenvalue weighted by molar-refractivity contribution is 5.88. The van der Waals surface area contributed by atoms with E-state index in [2.05, 4.69) is 28.5 Å². The smallest absolute Gasteiger partial charge is 0.119 e. The molecule has 4 rings (SSSR count). The van der Waals surface area contributed by atoms with Crippen LogP contribution in [0.5, 0.6) is 11.5 Å². The number of ether oxygens (including phenoxy) is 2. The van der Waals surface area contributed by atoms with Gasteiger partial charge >= 0.3 is 0 Å². The van der Waals surface area contributed by atoms with Crippen LogP contribution in [0.3, 0.4) is 0 Å². The first-order valence-corrected chi connectivity index (χ1v) is 9.44. The lowest BCUT2D eigenvalue weighted by Crippen LogP contribution is -2.16. The SMILES string of the molecule is COc1ccc(OCCCc2cccc3[nH]c4c(c23)CCNCC4)cc1.Cl. The minimum absolute atomic E-state index is 0. The van der Waals surface area contributed by atoms with Gasteiger partial charge in [0.2, 0.25) is 0 Å². The van der Waals surface area contributed by atoms with Crippen molar-refractivity contribution in [1.29, 1.82) is 0 Å². The van der Waals surface area contributed by atoms with E-state index in [1.807, 2.05) is 24.3 Å². The largest absolute Gasteiger partial charge is 0.497 e. The second kappa shape index (κ2) is 9.16. The maximum Gasteiger partial charge on any atom is 0.119 e. The summed E-state index contributed by atoms with van der Waals surface area (Å²) >= 11 is 0. The molecule has 1 aromatic heterocycles. The monoisotopic (exact) mass is 386 g/mol. The summed E-state index contributed by atoms with van der Waals surface area (Å²) in [5, 5.41) is 4.93. The molecule has 2 aromatic carbocycles. The molecular weight excluding hydrogens is 360 g/mol. The third-order valence-electron chi connectivity index (χ3n) is 5.12. The molecule has 0 saturated carbocycles. The first kappa shape index (κ1) is 19.6. The number of aromatic amines is 1. The summed E-state index contributed by atoms with van der Waals surface area (Å²) in [6.07, 6.45) is 4.23. The lowest BCUT2D eigenvalue weighted by Gasteiger charge is -2.09. The van der Waals surface area contributed by atoms with Crippen LogP contribution in [-0.2, 0) is 19.3 Å². The molecule has 2 N–H and O–H groups in total. The van der Waals surface area contributed by atoms with E-state index in [0.29, 0.717) is 0 Å². The predicted octanol–water partition coefficient (Wildman–Crippen LogP) is 4.30. The van der Waals surface area contributed by atoms with Gasteiger partial charge in [0, 0.05) is 29.6 Å². The molecule has 1 aliphatic heterocycles. The Kier molecular flexibility index (Phi) is 6.64. The summed E-state index contributed by atoms with van der Waals surface area (Å²) in [4.78, 5) is 3.64. The van der Waals surface area contributed by atoms with E-state index in [1.165, 1.54) is 27.7 Å². The van der Waals surface area contributed by atoms with Crippen LogP contribution in [0.4, 0.5) is 0 Å². The van der Waals surface area contributed by atoms with Crippen molar-refractivity contribution in [2.75, 3.05) is 26.8 Å². The van der Waals surface area contributed by atoms with Gasteiger partial charge in [-0.15, -0.1) is 12.4 Å². The van der Waals surface area contributed by atoms with Gasteiger partial charge in [0.25, 0.3) is 0 Å². The predicted molar refractivity (Wildman–Crippen MR) is 113 cm³/mol. The molecule has 5 heteroatoms. The van der Waals surface area contributed by atoms with Crippen LogP contribution in [0.15, 0.2) is 42.5 Å². The van der Waals surface area contributed by atoms with Crippen molar-refractivity contribution in [1.82, 2.24) is 10.3 Å². The fraction of sp³-hybridized carbons (Fsp3) is 0.364.